The molecule has 0 heterocycles. The summed E-state index contributed by atoms with van der Waals surface area (Å²) in [6, 6.07) is 0. The first kappa shape index (κ1) is 23.1. The van der Waals surface area contributed by atoms with Crippen LogP contribution in [0.1, 0.15) is 12.8 Å². The minimum Gasteiger partial charge on any atom is -0.479 e. The highest BCUT2D eigenvalue weighted by Gasteiger charge is 2.36. The Balaban J connectivity index is 4.61. The van der Waals surface area contributed by atoms with E-state index in [9.17, 15) is 39.0 Å². The van der Waals surface area contributed by atoms with Gasteiger partial charge in [-0.2, -0.15) is 0 Å². The summed E-state index contributed by atoms with van der Waals surface area (Å²) in [6.45, 7) is 0. The monoisotopic (exact) mass is 382 g/mol. The summed E-state index contributed by atoms with van der Waals surface area (Å²) in [4.78, 5) is 65.4. The lowest BCUT2D eigenvalue weighted by Crippen LogP contribution is -2.43. The number of carbonyl (C=O) groups is 6. The molecule has 0 bridgehead atoms. The number of aliphatic hydroxyl groups excluding tert-OH is 4. The number of hydrogen-bond acceptors (Lipinski definition) is 12. The van der Waals surface area contributed by atoms with Gasteiger partial charge in [-0.1, -0.05) is 0 Å². The van der Waals surface area contributed by atoms with Crippen LogP contribution in [-0.4, -0.2) is 90.9 Å². The molecule has 0 aliphatic heterocycles. The van der Waals surface area contributed by atoms with Gasteiger partial charge in [-0.05, 0) is 0 Å². The van der Waals surface area contributed by atoms with Crippen molar-refractivity contribution >= 4 is 35.8 Å². The molecule has 14 nitrogen and oxygen atoms in total. The number of esters is 4. The van der Waals surface area contributed by atoms with Crippen LogP contribution in [0.15, 0.2) is 0 Å². The summed E-state index contributed by atoms with van der Waals surface area (Å²) in [5.74, 6) is -10.7. The third-order valence-corrected chi connectivity index (χ3v) is 2.50. The first-order valence-corrected chi connectivity index (χ1v) is 6.53. The minimum atomic E-state index is -2.73. The molecule has 0 aromatic carbocycles. The Hall–Kier alpha value is -2.94. The largest absolute Gasteiger partial charge is 0.479 e. The van der Waals surface area contributed by atoms with Crippen molar-refractivity contribution in [3.05, 3.63) is 0 Å². The molecule has 14 heteroatoms. The van der Waals surface area contributed by atoms with E-state index in [-0.39, 0.29) is 0 Å². The highest BCUT2D eigenvalue weighted by Crippen LogP contribution is 2.04. The summed E-state index contributed by atoms with van der Waals surface area (Å²) < 4.78 is 7.77. The lowest BCUT2D eigenvalue weighted by Gasteiger charge is -2.15. The maximum Gasteiger partial charge on any atom is 0.346 e. The van der Waals surface area contributed by atoms with Crippen molar-refractivity contribution in [1.29, 1.82) is 0 Å². The Morgan fingerprint density at radius 2 is 0.885 bits per heavy atom. The second-order valence-electron chi connectivity index (χ2n) is 4.59. The van der Waals surface area contributed by atoms with E-state index in [1.54, 1.807) is 0 Å². The SMILES string of the molecule is O=C(CC(O)C(=O)O)OC(=O)C(O)C(O)C(=O)OC(=O)CC(O)C(=O)O. The van der Waals surface area contributed by atoms with Crippen LogP contribution in [0.3, 0.4) is 0 Å². The quantitative estimate of drug-likeness (QED) is 0.163. The van der Waals surface area contributed by atoms with E-state index < -0.39 is 73.1 Å². The normalized spacial score (nSPS) is 15.1. The second kappa shape index (κ2) is 10.1. The van der Waals surface area contributed by atoms with Crippen molar-refractivity contribution < 1.29 is 68.9 Å². The molecule has 4 unspecified atom stereocenters. The molecule has 0 saturated heterocycles. The van der Waals surface area contributed by atoms with Crippen LogP contribution >= 0.6 is 0 Å². The van der Waals surface area contributed by atoms with Gasteiger partial charge >= 0.3 is 35.8 Å². The summed E-state index contributed by atoms with van der Waals surface area (Å²) in [5, 5.41) is 53.0. The average molecular weight is 382 g/mol. The van der Waals surface area contributed by atoms with Gasteiger partial charge in [0.1, 0.15) is 0 Å². The Morgan fingerprint density at radius 3 is 1.12 bits per heavy atom. The maximum absolute atomic E-state index is 11.3. The molecule has 0 aromatic rings. The molecule has 0 spiro atoms. The van der Waals surface area contributed by atoms with Crippen LogP contribution < -0.4 is 0 Å². The van der Waals surface area contributed by atoms with Gasteiger partial charge in [0, 0.05) is 0 Å². The third-order valence-electron chi connectivity index (χ3n) is 2.50. The third kappa shape index (κ3) is 7.75. The number of aliphatic carboxylic acids is 2. The Labute approximate surface area is 143 Å². The molecule has 0 amide bonds. The first-order valence-electron chi connectivity index (χ1n) is 6.53. The highest BCUT2D eigenvalue weighted by atomic mass is 16.6. The average Bonchev–Trinajstić information content (AvgIpc) is 2.52. The summed E-state index contributed by atoms with van der Waals surface area (Å²) in [6.07, 6.45) is -12.2. The molecule has 4 atom stereocenters. The van der Waals surface area contributed by atoms with Gasteiger partial charge in [0.2, 0.25) is 0 Å². The second-order valence-corrected chi connectivity index (χ2v) is 4.59. The molecule has 146 valence electrons. The number of carboxylic acid groups (broad SMARTS) is 2. The maximum atomic E-state index is 11.3. The molecule has 6 N–H and O–H groups in total. The number of aliphatic hydroxyl groups is 4. The van der Waals surface area contributed by atoms with Crippen LogP contribution in [0.5, 0.6) is 0 Å². The molecular weight excluding hydrogens is 368 g/mol. The van der Waals surface area contributed by atoms with E-state index >= 15 is 0 Å². The van der Waals surface area contributed by atoms with Crippen molar-refractivity contribution in [2.24, 2.45) is 0 Å². The first-order chi connectivity index (χ1) is 11.9. The van der Waals surface area contributed by atoms with Crippen LogP contribution in [0.4, 0.5) is 0 Å². The molecular formula is C12H14O14. The van der Waals surface area contributed by atoms with Gasteiger partial charge in [-0.25, -0.2) is 19.2 Å². The van der Waals surface area contributed by atoms with E-state index in [1.165, 1.54) is 0 Å². The van der Waals surface area contributed by atoms with Gasteiger partial charge in [-0.15, -0.1) is 0 Å². The lowest BCUT2D eigenvalue weighted by atomic mass is 10.2. The Bertz CT molecular complexity index is 543. The number of rotatable bonds is 9. The fraction of sp³-hybridized carbons (Fsp3) is 0.500. The summed E-state index contributed by atoms with van der Waals surface area (Å²) in [5.41, 5.74) is 0. The fourth-order valence-corrected chi connectivity index (χ4v) is 1.18. The molecule has 0 aliphatic carbocycles. The van der Waals surface area contributed by atoms with Crippen LogP contribution in [0, 0.1) is 0 Å². The standard InChI is InChI=1S/C12H14O14/c13-3(9(19)20)1-5(15)25-11(23)7(17)8(18)12(24)26-6(16)2-4(14)10(21)22/h3-4,7-8,13-14,17-18H,1-2H2,(H,19,20)(H,21,22). The molecule has 0 rings (SSSR count). The fourth-order valence-electron chi connectivity index (χ4n) is 1.18. The molecule has 0 aliphatic rings. The van der Waals surface area contributed by atoms with E-state index in [1.807, 2.05) is 0 Å². The number of ether oxygens (including phenoxy) is 2. The van der Waals surface area contributed by atoms with Crippen molar-refractivity contribution in [2.45, 2.75) is 37.3 Å². The van der Waals surface area contributed by atoms with Crippen molar-refractivity contribution in [2.75, 3.05) is 0 Å². The predicted molar refractivity (Wildman–Crippen MR) is 70.7 cm³/mol. The van der Waals surface area contributed by atoms with Crippen LogP contribution in [-0.2, 0) is 38.2 Å². The van der Waals surface area contributed by atoms with E-state index in [0.29, 0.717) is 0 Å². The molecule has 26 heavy (non-hydrogen) atoms. The Morgan fingerprint density at radius 1 is 0.615 bits per heavy atom. The van der Waals surface area contributed by atoms with E-state index in [2.05, 4.69) is 9.47 Å². The minimum absolute atomic E-state index is 1.18. The highest BCUT2D eigenvalue weighted by molar-refractivity contribution is 5.95. The molecule has 0 saturated carbocycles. The van der Waals surface area contributed by atoms with Crippen molar-refractivity contribution in [1.82, 2.24) is 0 Å². The topological polar surface area (TPSA) is 242 Å². The van der Waals surface area contributed by atoms with Crippen LogP contribution in [0.2, 0.25) is 0 Å². The zero-order valence-corrected chi connectivity index (χ0v) is 12.7. The lowest BCUT2D eigenvalue weighted by molar-refractivity contribution is -0.182. The van der Waals surface area contributed by atoms with Crippen molar-refractivity contribution in [3.8, 4) is 0 Å². The number of carboxylic acids is 2. The zero-order valence-electron chi connectivity index (χ0n) is 12.7. The molecule has 0 radical (unpaired) electrons. The summed E-state index contributed by atoms with van der Waals surface area (Å²) in [7, 11) is 0. The van der Waals surface area contributed by atoms with Crippen LogP contribution in [0.25, 0.3) is 0 Å². The predicted octanol–water partition coefficient (Wildman–Crippen LogP) is -4.48. The number of carbonyl (C=O) groups excluding carboxylic acids is 4. The van der Waals surface area contributed by atoms with Crippen molar-refractivity contribution in [3.63, 3.8) is 0 Å². The van der Waals surface area contributed by atoms with Gasteiger partial charge in [0.15, 0.2) is 24.4 Å². The summed E-state index contributed by atoms with van der Waals surface area (Å²) >= 11 is 0. The van der Waals surface area contributed by atoms with E-state index in [0.717, 1.165) is 0 Å². The smallest absolute Gasteiger partial charge is 0.346 e. The zero-order chi connectivity index (χ0) is 20.6. The number of hydrogen-bond donors (Lipinski definition) is 6. The molecule has 0 fully saturated rings. The Kier molecular flexibility index (Phi) is 9.00. The molecule has 0 aromatic heterocycles. The van der Waals surface area contributed by atoms with Gasteiger partial charge in [0.25, 0.3) is 0 Å². The van der Waals surface area contributed by atoms with Gasteiger partial charge in [-0.3, -0.25) is 9.59 Å². The van der Waals surface area contributed by atoms with Gasteiger partial charge in [0.05, 0.1) is 12.8 Å². The van der Waals surface area contributed by atoms with Gasteiger partial charge < -0.3 is 40.1 Å². The van der Waals surface area contributed by atoms with E-state index in [4.69, 9.17) is 20.4 Å².